The van der Waals surface area contributed by atoms with Gasteiger partial charge in [-0.1, -0.05) is 13.8 Å². The van der Waals surface area contributed by atoms with Crippen LogP contribution in [0.15, 0.2) is 30.0 Å². The van der Waals surface area contributed by atoms with Crippen LogP contribution in [0.4, 0.5) is 11.5 Å². The van der Waals surface area contributed by atoms with Crippen molar-refractivity contribution in [3.8, 4) is 6.07 Å². The van der Waals surface area contributed by atoms with Crippen LogP contribution >= 0.6 is 0 Å². The molecular formula is C23H28N6O3. The fourth-order valence-corrected chi connectivity index (χ4v) is 3.90. The SMILES string of the molecule is Cc1cc(/C=C(/C#N)C(=O)N2CCN(c3ccc([N+](=O)[O-])cn3)CC2)c(C)n1CC(C)C. The second-order valence-corrected chi connectivity index (χ2v) is 8.41. The van der Waals surface area contributed by atoms with E-state index in [1.54, 1.807) is 17.0 Å². The van der Waals surface area contributed by atoms with E-state index in [0.717, 1.165) is 23.5 Å². The van der Waals surface area contributed by atoms with Gasteiger partial charge in [-0.25, -0.2) is 4.98 Å². The molecule has 2 aromatic heterocycles. The number of hydrogen-bond donors (Lipinski definition) is 0. The highest BCUT2D eigenvalue weighted by molar-refractivity contribution is 6.02. The molecule has 0 radical (unpaired) electrons. The molecule has 0 unspecified atom stereocenters. The molecule has 1 aliphatic rings. The van der Waals surface area contributed by atoms with Gasteiger partial charge in [-0.3, -0.25) is 14.9 Å². The average molecular weight is 437 g/mol. The topological polar surface area (TPSA) is 108 Å². The molecule has 0 aromatic carbocycles. The smallest absolute Gasteiger partial charge is 0.287 e. The molecule has 168 valence electrons. The first-order chi connectivity index (χ1) is 15.2. The molecule has 2 aromatic rings. The van der Waals surface area contributed by atoms with E-state index in [4.69, 9.17) is 0 Å². The Kier molecular flexibility index (Phi) is 6.93. The van der Waals surface area contributed by atoms with Gasteiger partial charge >= 0.3 is 0 Å². The predicted octanol–water partition coefficient (Wildman–Crippen LogP) is 3.32. The molecule has 0 N–H and O–H groups in total. The number of nitriles is 1. The Morgan fingerprint density at radius 2 is 1.97 bits per heavy atom. The molecule has 0 atom stereocenters. The Balaban J connectivity index is 1.69. The summed E-state index contributed by atoms with van der Waals surface area (Å²) in [5.74, 6) is 0.851. The molecule has 0 spiro atoms. The number of carbonyl (C=O) groups excluding carboxylic acids is 1. The lowest BCUT2D eigenvalue weighted by atomic mass is 10.1. The van der Waals surface area contributed by atoms with E-state index in [0.29, 0.717) is 37.9 Å². The largest absolute Gasteiger partial charge is 0.353 e. The van der Waals surface area contributed by atoms with Crippen molar-refractivity contribution < 1.29 is 9.72 Å². The maximum atomic E-state index is 13.0. The molecule has 1 fully saturated rings. The van der Waals surface area contributed by atoms with Crippen molar-refractivity contribution >= 4 is 23.5 Å². The highest BCUT2D eigenvalue weighted by Gasteiger charge is 2.25. The zero-order chi connectivity index (χ0) is 23.4. The molecule has 0 saturated carbocycles. The average Bonchev–Trinajstić information content (AvgIpc) is 3.04. The lowest BCUT2D eigenvalue weighted by Crippen LogP contribution is -2.49. The van der Waals surface area contributed by atoms with Crippen molar-refractivity contribution in [1.82, 2.24) is 14.5 Å². The van der Waals surface area contributed by atoms with Gasteiger partial charge in [0.05, 0.1) is 4.92 Å². The normalized spacial score (nSPS) is 14.6. The number of aromatic nitrogens is 2. The molecule has 3 heterocycles. The summed E-state index contributed by atoms with van der Waals surface area (Å²) in [7, 11) is 0. The summed E-state index contributed by atoms with van der Waals surface area (Å²) in [4.78, 5) is 31.1. The zero-order valence-electron chi connectivity index (χ0n) is 18.9. The summed E-state index contributed by atoms with van der Waals surface area (Å²) >= 11 is 0. The van der Waals surface area contributed by atoms with E-state index in [2.05, 4.69) is 29.5 Å². The van der Waals surface area contributed by atoms with Gasteiger partial charge in [0.1, 0.15) is 23.7 Å². The maximum absolute atomic E-state index is 13.0. The first kappa shape index (κ1) is 23.0. The van der Waals surface area contributed by atoms with Crippen LogP contribution in [0.2, 0.25) is 0 Å². The van der Waals surface area contributed by atoms with Gasteiger partial charge in [0, 0.05) is 50.2 Å². The van der Waals surface area contributed by atoms with Crippen LogP contribution < -0.4 is 4.90 Å². The van der Waals surface area contributed by atoms with Gasteiger partial charge in [0.15, 0.2) is 0 Å². The van der Waals surface area contributed by atoms with E-state index in [9.17, 15) is 20.2 Å². The number of nitro groups is 1. The Labute approximate surface area is 187 Å². The lowest BCUT2D eigenvalue weighted by Gasteiger charge is -2.35. The summed E-state index contributed by atoms with van der Waals surface area (Å²) in [6, 6.07) is 7.13. The summed E-state index contributed by atoms with van der Waals surface area (Å²) in [6.07, 6.45) is 2.92. The number of carbonyl (C=O) groups is 1. The zero-order valence-corrected chi connectivity index (χ0v) is 18.9. The van der Waals surface area contributed by atoms with E-state index in [1.165, 1.54) is 12.3 Å². The van der Waals surface area contributed by atoms with Gasteiger partial charge in [-0.2, -0.15) is 5.26 Å². The monoisotopic (exact) mass is 436 g/mol. The first-order valence-electron chi connectivity index (χ1n) is 10.6. The van der Waals surface area contributed by atoms with Crippen molar-refractivity contribution in [2.45, 2.75) is 34.2 Å². The Hall–Kier alpha value is -3.67. The summed E-state index contributed by atoms with van der Waals surface area (Å²) < 4.78 is 2.21. The minimum atomic E-state index is -0.483. The molecule has 1 saturated heterocycles. The van der Waals surface area contributed by atoms with Crippen LogP contribution in [0.1, 0.15) is 30.8 Å². The number of aryl methyl sites for hydroxylation is 1. The van der Waals surface area contributed by atoms with E-state index in [-0.39, 0.29) is 17.2 Å². The fourth-order valence-electron chi connectivity index (χ4n) is 3.90. The van der Waals surface area contributed by atoms with Crippen LogP contribution in [0, 0.1) is 41.2 Å². The molecule has 32 heavy (non-hydrogen) atoms. The lowest BCUT2D eigenvalue weighted by molar-refractivity contribution is -0.385. The molecule has 9 nitrogen and oxygen atoms in total. The molecular weight excluding hydrogens is 408 g/mol. The number of nitrogens with zero attached hydrogens (tertiary/aromatic N) is 6. The number of pyridine rings is 1. The number of rotatable bonds is 6. The van der Waals surface area contributed by atoms with E-state index < -0.39 is 4.92 Å². The van der Waals surface area contributed by atoms with Crippen molar-refractivity contribution in [2.75, 3.05) is 31.1 Å². The molecule has 0 bridgehead atoms. The van der Waals surface area contributed by atoms with Crippen molar-refractivity contribution in [1.29, 1.82) is 5.26 Å². The van der Waals surface area contributed by atoms with E-state index >= 15 is 0 Å². The second-order valence-electron chi connectivity index (χ2n) is 8.41. The summed E-state index contributed by atoms with van der Waals surface area (Å²) in [6.45, 7) is 11.2. The highest BCUT2D eigenvalue weighted by Crippen LogP contribution is 2.22. The Morgan fingerprint density at radius 3 is 2.50 bits per heavy atom. The maximum Gasteiger partial charge on any atom is 0.287 e. The molecule has 3 rings (SSSR count). The molecule has 1 aliphatic heterocycles. The van der Waals surface area contributed by atoms with Gasteiger partial charge < -0.3 is 14.4 Å². The minimum absolute atomic E-state index is 0.0564. The molecule has 0 aliphatic carbocycles. The van der Waals surface area contributed by atoms with Crippen LogP contribution in [0.5, 0.6) is 0 Å². The third kappa shape index (κ3) is 4.97. The molecule has 1 amide bonds. The van der Waals surface area contributed by atoms with Crippen molar-refractivity contribution in [3.05, 3.63) is 57.0 Å². The van der Waals surface area contributed by atoms with Crippen LogP contribution in [0.3, 0.4) is 0 Å². The number of anilines is 1. The third-order valence-electron chi connectivity index (χ3n) is 5.65. The quantitative estimate of drug-likeness (QED) is 0.297. The standard InChI is InChI=1S/C23H28N6O3/c1-16(2)15-28-17(3)11-19(18(28)4)12-20(13-24)23(30)27-9-7-26(8-10-27)22-6-5-21(14-25-22)29(31)32/h5-6,11-12,14,16H,7-10,15H2,1-4H3/b20-12-. The second kappa shape index (κ2) is 9.64. The first-order valence-corrected chi connectivity index (χ1v) is 10.6. The summed E-state index contributed by atoms with van der Waals surface area (Å²) in [5, 5.41) is 20.4. The van der Waals surface area contributed by atoms with Gasteiger partial charge in [0.25, 0.3) is 11.6 Å². The minimum Gasteiger partial charge on any atom is -0.353 e. The molecule has 9 heteroatoms. The summed E-state index contributed by atoms with van der Waals surface area (Å²) in [5.41, 5.74) is 3.11. The number of piperazine rings is 1. The van der Waals surface area contributed by atoms with Gasteiger partial charge in [0.2, 0.25) is 0 Å². The number of amides is 1. The van der Waals surface area contributed by atoms with Gasteiger partial charge in [-0.15, -0.1) is 0 Å². The van der Waals surface area contributed by atoms with Crippen LogP contribution in [-0.4, -0.2) is 51.5 Å². The Morgan fingerprint density at radius 1 is 1.28 bits per heavy atom. The van der Waals surface area contributed by atoms with Crippen LogP contribution in [-0.2, 0) is 11.3 Å². The van der Waals surface area contributed by atoms with Gasteiger partial charge in [-0.05, 0) is 43.5 Å². The predicted molar refractivity (Wildman–Crippen MR) is 122 cm³/mol. The third-order valence-corrected chi connectivity index (χ3v) is 5.65. The van der Waals surface area contributed by atoms with Crippen molar-refractivity contribution in [2.24, 2.45) is 5.92 Å². The van der Waals surface area contributed by atoms with E-state index in [1.807, 2.05) is 24.8 Å². The van der Waals surface area contributed by atoms with Crippen LogP contribution in [0.25, 0.3) is 6.08 Å². The Bertz CT molecular complexity index is 1070. The van der Waals surface area contributed by atoms with Crippen molar-refractivity contribution in [3.63, 3.8) is 0 Å². The fraction of sp³-hybridized carbons (Fsp3) is 0.435. The highest BCUT2D eigenvalue weighted by atomic mass is 16.6. The number of hydrogen-bond acceptors (Lipinski definition) is 6.